The third-order valence-corrected chi connectivity index (χ3v) is 7.13. The summed E-state index contributed by atoms with van der Waals surface area (Å²) in [6, 6.07) is 12.1. The van der Waals surface area contributed by atoms with Crippen LogP contribution in [0.15, 0.2) is 55.1 Å². The van der Waals surface area contributed by atoms with Gasteiger partial charge in [-0.1, -0.05) is 12.1 Å². The van der Waals surface area contributed by atoms with Gasteiger partial charge in [0, 0.05) is 31.3 Å². The third-order valence-electron chi connectivity index (χ3n) is 7.13. The maximum Gasteiger partial charge on any atom is 0.254 e. The van der Waals surface area contributed by atoms with Crippen molar-refractivity contribution in [2.45, 2.75) is 58.6 Å². The van der Waals surface area contributed by atoms with E-state index in [4.69, 9.17) is 14.2 Å². The van der Waals surface area contributed by atoms with E-state index in [1.165, 1.54) is 17.6 Å². The lowest BCUT2D eigenvalue weighted by molar-refractivity contribution is -0.138. The second kappa shape index (κ2) is 13.0. The Morgan fingerprint density at radius 1 is 1.12 bits per heavy atom. The number of nitrogens with zero attached hydrogens (tertiary/aromatic N) is 5. The van der Waals surface area contributed by atoms with E-state index in [1.54, 1.807) is 27.7 Å². The van der Waals surface area contributed by atoms with Gasteiger partial charge in [-0.05, 0) is 57.0 Å². The topological polar surface area (TPSA) is 128 Å². The van der Waals surface area contributed by atoms with Crippen molar-refractivity contribution in [2.24, 2.45) is 0 Å². The lowest BCUT2D eigenvalue weighted by Crippen LogP contribution is -2.58. The van der Waals surface area contributed by atoms with Gasteiger partial charge in [0.05, 0.1) is 31.4 Å². The summed E-state index contributed by atoms with van der Waals surface area (Å²) in [6.07, 6.45) is 3.07. The van der Waals surface area contributed by atoms with E-state index in [-0.39, 0.29) is 49.6 Å². The van der Waals surface area contributed by atoms with E-state index < -0.39 is 6.04 Å². The third kappa shape index (κ3) is 7.24. The Hall–Kier alpha value is -4.45. The van der Waals surface area contributed by atoms with Gasteiger partial charge in [0.1, 0.15) is 36.4 Å². The molecule has 1 aromatic heterocycles. The van der Waals surface area contributed by atoms with Gasteiger partial charge in [-0.15, -0.1) is 10.2 Å². The first kappa shape index (κ1) is 29.1. The van der Waals surface area contributed by atoms with E-state index in [1.807, 2.05) is 45.0 Å². The van der Waals surface area contributed by atoms with Crippen molar-refractivity contribution in [1.29, 1.82) is 0 Å². The van der Waals surface area contributed by atoms with Gasteiger partial charge in [-0.3, -0.25) is 14.4 Å². The number of fused-ring (bicyclic) bond motifs is 5. The first-order valence-electron chi connectivity index (χ1n) is 14.2. The summed E-state index contributed by atoms with van der Waals surface area (Å²) in [5, 5.41) is 10.6. The van der Waals surface area contributed by atoms with Crippen molar-refractivity contribution in [3.8, 4) is 17.2 Å². The van der Waals surface area contributed by atoms with Crippen LogP contribution in [-0.2, 0) is 27.5 Å². The minimum atomic E-state index is -0.466. The molecule has 2 aliphatic rings. The summed E-state index contributed by atoms with van der Waals surface area (Å²) in [7, 11) is 0. The molecule has 1 saturated heterocycles. The molecule has 0 radical (unpaired) electrons. The molecule has 5 rings (SSSR count). The average Bonchev–Trinajstić information content (AvgIpc) is 3.47. The van der Waals surface area contributed by atoms with Crippen molar-refractivity contribution < 1.29 is 28.6 Å². The molecule has 0 spiro atoms. The van der Waals surface area contributed by atoms with Crippen LogP contribution in [0.5, 0.6) is 17.2 Å². The molecule has 222 valence electrons. The smallest absolute Gasteiger partial charge is 0.254 e. The van der Waals surface area contributed by atoms with Gasteiger partial charge in [0.25, 0.3) is 5.91 Å². The monoisotopic (exact) mass is 576 g/mol. The Labute approximate surface area is 244 Å². The number of hydrogen-bond donors (Lipinski definition) is 1. The fourth-order valence-corrected chi connectivity index (χ4v) is 5.12. The highest BCUT2D eigenvalue weighted by Crippen LogP contribution is 2.30. The summed E-state index contributed by atoms with van der Waals surface area (Å²) in [6.45, 7) is 6.94. The number of piperidine rings is 1. The predicted octanol–water partition coefficient (Wildman–Crippen LogP) is 2.64. The number of rotatable bonds is 5. The number of hydrogen-bond acceptors (Lipinski definition) is 8. The summed E-state index contributed by atoms with van der Waals surface area (Å²) >= 11 is 0. The second-order valence-electron chi connectivity index (χ2n) is 10.7. The highest BCUT2D eigenvalue weighted by molar-refractivity contribution is 5.97. The van der Waals surface area contributed by atoms with Crippen LogP contribution in [0.3, 0.4) is 0 Å². The molecule has 2 aromatic carbocycles. The number of nitrogens with one attached hydrogen (secondary N) is 1. The summed E-state index contributed by atoms with van der Waals surface area (Å²) in [5.74, 6) is 0.768. The van der Waals surface area contributed by atoms with Gasteiger partial charge < -0.3 is 33.9 Å². The van der Waals surface area contributed by atoms with Crippen molar-refractivity contribution >= 4 is 17.7 Å². The van der Waals surface area contributed by atoms with Gasteiger partial charge in [-0.2, -0.15) is 0 Å². The SMILES string of the molecule is CCN1CC(=O)N[C@H]2CN(C(=O)Cn3cnnc3)CC[C@@H]2OCc2cccc(c2)Oc2cc(OC(C)C)cc(c2)C1=O. The Morgan fingerprint density at radius 2 is 1.93 bits per heavy atom. The summed E-state index contributed by atoms with van der Waals surface area (Å²) in [5.41, 5.74) is 1.24. The number of carbonyl (C=O) groups is 3. The van der Waals surface area contributed by atoms with Crippen LogP contribution in [0.2, 0.25) is 0 Å². The maximum atomic E-state index is 13.6. The number of aromatic nitrogens is 3. The van der Waals surface area contributed by atoms with Gasteiger partial charge in [-0.25, -0.2) is 0 Å². The molecule has 1 N–H and O–H groups in total. The number of carbonyl (C=O) groups excluding carboxylic acids is 3. The second-order valence-corrected chi connectivity index (χ2v) is 10.7. The first-order valence-corrected chi connectivity index (χ1v) is 14.2. The highest BCUT2D eigenvalue weighted by atomic mass is 16.5. The molecule has 42 heavy (non-hydrogen) atoms. The van der Waals surface area contributed by atoms with Crippen molar-refractivity contribution in [1.82, 2.24) is 29.9 Å². The molecule has 4 bridgehead atoms. The fourth-order valence-electron chi connectivity index (χ4n) is 5.12. The van der Waals surface area contributed by atoms with E-state index >= 15 is 0 Å². The van der Waals surface area contributed by atoms with E-state index in [0.717, 1.165) is 5.56 Å². The van der Waals surface area contributed by atoms with Crippen LogP contribution in [-0.4, -0.2) is 86.7 Å². The Morgan fingerprint density at radius 3 is 2.69 bits per heavy atom. The van der Waals surface area contributed by atoms with E-state index in [0.29, 0.717) is 48.9 Å². The molecule has 0 aliphatic carbocycles. The quantitative estimate of drug-likeness (QED) is 0.491. The largest absolute Gasteiger partial charge is 0.491 e. The van der Waals surface area contributed by atoms with Crippen LogP contribution < -0.4 is 14.8 Å². The number of ether oxygens (including phenoxy) is 3. The van der Waals surface area contributed by atoms with Crippen LogP contribution >= 0.6 is 0 Å². The zero-order valence-electron chi connectivity index (χ0n) is 24.1. The molecule has 0 unspecified atom stereocenters. The number of likely N-dealkylation sites (N-methyl/N-ethyl adjacent to an activating group) is 1. The Bertz CT molecular complexity index is 1410. The van der Waals surface area contributed by atoms with Crippen molar-refractivity contribution in [2.75, 3.05) is 26.2 Å². The zero-order valence-corrected chi connectivity index (χ0v) is 24.1. The minimum absolute atomic E-state index is 0.103. The predicted molar refractivity (Wildman–Crippen MR) is 152 cm³/mol. The molecule has 1 fully saturated rings. The van der Waals surface area contributed by atoms with Crippen LogP contribution in [0.4, 0.5) is 0 Å². The zero-order chi connectivity index (χ0) is 29.6. The molecule has 12 heteroatoms. The molecule has 3 aromatic rings. The van der Waals surface area contributed by atoms with E-state index in [9.17, 15) is 14.4 Å². The molecule has 2 atom stereocenters. The van der Waals surface area contributed by atoms with Crippen LogP contribution in [0.1, 0.15) is 43.1 Å². The van der Waals surface area contributed by atoms with Crippen molar-refractivity contribution in [3.63, 3.8) is 0 Å². The lowest BCUT2D eigenvalue weighted by atomic mass is 10.0. The Kier molecular flexibility index (Phi) is 9.01. The number of benzene rings is 2. The normalized spacial score (nSPS) is 19.6. The van der Waals surface area contributed by atoms with E-state index in [2.05, 4.69) is 15.5 Å². The highest BCUT2D eigenvalue weighted by Gasteiger charge is 2.34. The average molecular weight is 577 g/mol. The molecule has 2 aliphatic heterocycles. The van der Waals surface area contributed by atoms with Crippen LogP contribution in [0, 0.1) is 0 Å². The van der Waals surface area contributed by atoms with Gasteiger partial charge >= 0.3 is 0 Å². The molecule has 12 nitrogen and oxygen atoms in total. The molecular formula is C30H36N6O6. The Balaban J connectivity index is 1.42. The van der Waals surface area contributed by atoms with Gasteiger partial charge in [0.15, 0.2) is 0 Å². The number of likely N-dealkylation sites (tertiary alicyclic amines) is 1. The molecule has 0 saturated carbocycles. The first-order chi connectivity index (χ1) is 20.3. The molecule has 3 heterocycles. The van der Waals surface area contributed by atoms with Crippen LogP contribution in [0.25, 0.3) is 0 Å². The molecular weight excluding hydrogens is 540 g/mol. The van der Waals surface area contributed by atoms with Gasteiger partial charge in [0.2, 0.25) is 11.8 Å². The standard InChI is InChI=1S/C30H36N6O6/c1-4-35-15-28(37)33-26-14-36(29(38)16-34-18-31-32-19-34)9-8-27(26)40-17-21-6-5-7-23(10-21)42-25-12-22(30(35)39)11-24(13-25)41-20(2)3/h5-7,10-13,18-20,26-27H,4,8-9,14-17H2,1-3H3,(H,33,37)/t26-,27-/m0/s1. The number of amides is 3. The van der Waals surface area contributed by atoms with Crippen molar-refractivity contribution in [3.05, 3.63) is 66.2 Å². The summed E-state index contributed by atoms with van der Waals surface area (Å²) in [4.78, 5) is 43.1. The summed E-state index contributed by atoms with van der Waals surface area (Å²) < 4.78 is 20.0. The lowest BCUT2D eigenvalue weighted by Gasteiger charge is -2.39. The molecule has 3 amide bonds. The maximum absolute atomic E-state index is 13.6. The minimum Gasteiger partial charge on any atom is -0.491 e. The fraction of sp³-hybridized carbons (Fsp3) is 0.433.